The van der Waals surface area contributed by atoms with Crippen LogP contribution in [0, 0.1) is 0 Å². The second-order valence-corrected chi connectivity index (χ2v) is 4.86. The van der Waals surface area contributed by atoms with E-state index in [1.165, 1.54) is 37.7 Å². The number of halogens is 3. The Morgan fingerprint density at radius 1 is 1.17 bits per heavy atom. The van der Waals surface area contributed by atoms with E-state index in [4.69, 9.17) is 4.74 Å². The average molecular weight is 321 g/mol. The molecule has 0 atom stereocenters. The molecule has 0 amide bonds. The minimum absolute atomic E-state index is 0.341. The monoisotopic (exact) mass is 321 g/mol. The van der Waals surface area contributed by atoms with Gasteiger partial charge in [0.05, 0.1) is 18.2 Å². The number of hydrogen-bond donors (Lipinski definition) is 0. The summed E-state index contributed by atoms with van der Waals surface area (Å²) in [5.74, 6) is -0.501. The van der Waals surface area contributed by atoms with E-state index in [1.807, 2.05) is 0 Å². The van der Waals surface area contributed by atoms with Crippen LogP contribution in [0.15, 0.2) is 42.7 Å². The predicted octanol–water partition coefficient (Wildman–Crippen LogP) is 4.45. The summed E-state index contributed by atoms with van der Waals surface area (Å²) in [4.78, 5) is 15.7. The van der Waals surface area contributed by atoms with Crippen LogP contribution in [0.25, 0.3) is 11.6 Å². The standard InChI is InChI=1S/C17H14F3NO2/c1-11(12-3-5-14(6-4-12)17(18,19)20)9-13-10-21-8-7-15(13)16(22)23-2/h3-10H,1-2H3. The molecule has 0 bridgehead atoms. The highest BCUT2D eigenvalue weighted by Crippen LogP contribution is 2.30. The van der Waals surface area contributed by atoms with Crippen molar-refractivity contribution < 1.29 is 22.7 Å². The summed E-state index contributed by atoms with van der Waals surface area (Å²) in [5, 5.41) is 0. The molecule has 0 aliphatic carbocycles. The van der Waals surface area contributed by atoms with Crippen LogP contribution in [0.5, 0.6) is 0 Å². The quantitative estimate of drug-likeness (QED) is 0.784. The molecule has 0 N–H and O–H groups in total. The number of benzene rings is 1. The molecule has 0 aliphatic heterocycles. The van der Waals surface area contributed by atoms with E-state index in [-0.39, 0.29) is 0 Å². The smallest absolute Gasteiger partial charge is 0.416 e. The van der Waals surface area contributed by atoms with Crippen LogP contribution in [0.2, 0.25) is 0 Å². The van der Waals surface area contributed by atoms with E-state index in [9.17, 15) is 18.0 Å². The lowest BCUT2D eigenvalue weighted by Gasteiger charge is -2.09. The summed E-state index contributed by atoms with van der Waals surface area (Å²) in [6.07, 6.45) is 0.288. The Morgan fingerprint density at radius 2 is 1.83 bits per heavy atom. The minimum Gasteiger partial charge on any atom is -0.465 e. The number of ether oxygens (including phenoxy) is 1. The maximum atomic E-state index is 12.6. The van der Waals surface area contributed by atoms with Crippen LogP contribution >= 0.6 is 0 Å². The van der Waals surface area contributed by atoms with Gasteiger partial charge in [-0.25, -0.2) is 4.79 Å². The molecule has 0 saturated carbocycles. The highest BCUT2D eigenvalue weighted by atomic mass is 19.4. The molecule has 3 nitrogen and oxygen atoms in total. The summed E-state index contributed by atoms with van der Waals surface area (Å²) in [6, 6.07) is 6.36. The number of carbonyl (C=O) groups is 1. The Morgan fingerprint density at radius 3 is 2.39 bits per heavy atom. The van der Waals surface area contributed by atoms with Gasteiger partial charge in [-0.3, -0.25) is 4.98 Å². The number of nitrogens with zero attached hydrogens (tertiary/aromatic N) is 1. The second kappa shape index (κ2) is 6.64. The van der Waals surface area contributed by atoms with Crippen molar-refractivity contribution in [2.24, 2.45) is 0 Å². The molecular weight excluding hydrogens is 307 g/mol. The van der Waals surface area contributed by atoms with Crippen LogP contribution in [0.3, 0.4) is 0 Å². The van der Waals surface area contributed by atoms with Gasteiger partial charge in [0.25, 0.3) is 0 Å². The first-order valence-electron chi connectivity index (χ1n) is 6.71. The van der Waals surface area contributed by atoms with Gasteiger partial charge in [0.15, 0.2) is 0 Å². The maximum absolute atomic E-state index is 12.6. The minimum atomic E-state index is -4.36. The van der Waals surface area contributed by atoms with Crippen molar-refractivity contribution in [3.05, 3.63) is 65.0 Å². The molecule has 1 aromatic heterocycles. The Labute approximate surface area is 131 Å². The van der Waals surface area contributed by atoms with Crippen LogP contribution in [-0.4, -0.2) is 18.1 Å². The van der Waals surface area contributed by atoms with Crippen molar-refractivity contribution >= 4 is 17.6 Å². The first-order chi connectivity index (χ1) is 10.8. The maximum Gasteiger partial charge on any atom is 0.416 e. The third-order valence-corrected chi connectivity index (χ3v) is 3.30. The number of aromatic nitrogens is 1. The van der Waals surface area contributed by atoms with Gasteiger partial charge in [-0.2, -0.15) is 13.2 Å². The number of hydrogen-bond acceptors (Lipinski definition) is 3. The summed E-state index contributed by atoms with van der Waals surface area (Å²) in [7, 11) is 1.28. The highest BCUT2D eigenvalue weighted by Gasteiger charge is 2.29. The second-order valence-electron chi connectivity index (χ2n) is 4.86. The fourth-order valence-electron chi connectivity index (χ4n) is 2.06. The van der Waals surface area contributed by atoms with Crippen LogP contribution in [0.1, 0.15) is 34.0 Å². The fraction of sp³-hybridized carbons (Fsp3) is 0.176. The molecule has 2 aromatic rings. The van der Waals surface area contributed by atoms with Crippen molar-refractivity contribution in [3.8, 4) is 0 Å². The topological polar surface area (TPSA) is 39.2 Å². The van der Waals surface area contributed by atoms with Crippen molar-refractivity contribution in [1.82, 2.24) is 4.98 Å². The molecule has 2 rings (SSSR count). The molecule has 1 aromatic carbocycles. The number of carbonyl (C=O) groups excluding carboxylic acids is 1. The Balaban J connectivity index is 2.35. The normalized spacial score (nSPS) is 12.1. The van der Waals surface area contributed by atoms with Crippen molar-refractivity contribution in [2.45, 2.75) is 13.1 Å². The summed E-state index contributed by atoms with van der Waals surface area (Å²) >= 11 is 0. The molecule has 0 saturated heterocycles. The third-order valence-electron chi connectivity index (χ3n) is 3.30. The van der Waals surface area contributed by atoms with Crippen molar-refractivity contribution in [3.63, 3.8) is 0 Å². The van der Waals surface area contributed by atoms with Crippen LogP contribution < -0.4 is 0 Å². The van der Waals surface area contributed by atoms with Gasteiger partial charge < -0.3 is 4.74 Å². The number of rotatable bonds is 3. The molecular formula is C17H14F3NO2. The zero-order valence-corrected chi connectivity index (χ0v) is 12.5. The predicted molar refractivity (Wildman–Crippen MR) is 80.6 cm³/mol. The SMILES string of the molecule is COC(=O)c1ccncc1C=C(C)c1ccc(C(F)(F)F)cc1. The van der Waals surface area contributed by atoms with E-state index < -0.39 is 17.7 Å². The number of methoxy groups -OCH3 is 1. The molecule has 1 heterocycles. The lowest BCUT2D eigenvalue weighted by molar-refractivity contribution is -0.137. The zero-order valence-electron chi connectivity index (χ0n) is 12.5. The van der Waals surface area contributed by atoms with E-state index in [1.54, 1.807) is 13.0 Å². The molecule has 120 valence electrons. The molecule has 0 radical (unpaired) electrons. The third kappa shape index (κ3) is 3.97. The first kappa shape index (κ1) is 16.7. The lowest BCUT2D eigenvalue weighted by Crippen LogP contribution is -2.04. The average Bonchev–Trinajstić information content (AvgIpc) is 2.54. The fourth-order valence-corrected chi connectivity index (χ4v) is 2.06. The lowest BCUT2D eigenvalue weighted by atomic mass is 10.0. The van der Waals surface area contributed by atoms with Crippen LogP contribution in [0.4, 0.5) is 13.2 Å². The van der Waals surface area contributed by atoms with E-state index in [0.717, 1.165) is 12.1 Å². The molecule has 0 aliphatic rings. The Kier molecular flexibility index (Phi) is 4.83. The summed E-state index contributed by atoms with van der Waals surface area (Å²) in [5.41, 5.74) is 1.51. The zero-order chi connectivity index (χ0) is 17.0. The molecule has 0 fully saturated rings. The Bertz CT molecular complexity index is 734. The largest absolute Gasteiger partial charge is 0.465 e. The van der Waals surface area contributed by atoms with Gasteiger partial charge in [0.2, 0.25) is 0 Å². The number of allylic oxidation sites excluding steroid dienone is 1. The molecule has 6 heteroatoms. The molecule has 0 spiro atoms. The number of alkyl halides is 3. The molecule has 23 heavy (non-hydrogen) atoms. The van der Waals surface area contributed by atoms with Gasteiger partial charge in [-0.15, -0.1) is 0 Å². The summed E-state index contributed by atoms with van der Waals surface area (Å²) < 4.78 is 42.4. The van der Waals surface area contributed by atoms with Gasteiger partial charge in [0, 0.05) is 18.0 Å². The van der Waals surface area contributed by atoms with Gasteiger partial charge in [-0.05, 0) is 42.3 Å². The van der Waals surface area contributed by atoms with Crippen molar-refractivity contribution in [1.29, 1.82) is 0 Å². The number of pyridine rings is 1. The highest BCUT2D eigenvalue weighted by molar-refractivity contribution is 5.95. The van der Waals surface area contributed by atoms with Crippen molar-refractivity contribution in [2.75, 3.05) is 7.11 Å². The number of esters is 1. The van der Waals surface area contributed by atoms with Crippen LogP contribution in [-0.2, 0) is 10.9 Å². The van der Waals surface area contributed by atoms with E-state index in [0.29, 0.717) is 22.3 Å². The van der Waals surface area contributed by atoms with E-state index in [2.05, 4.69) is 4.98 Å². The Hall–Kier alpha value is -2.63. The van der Waals surface area contributed by atoms with E-state index >= 15 is 0 Å². The van der Waals surface area contributed by atoms with Gasteiger partial charge in [0.1, 0.15) is 0 Å². The summed E-state index contributed by atoms with van der Waals surface area (Å²) in [6.45, 7) is 1.75. The van der Waals surface area contributed by atoms with Gasteiger partial charge >= 0.3 is 12.1 Å². The molecule has 0 unspecified atom stereocenters. The van der Waals surface area contributed by atoms with Gasteiger partial charge in [-0.1, -0.05) is 12.1 Å². The first-order valence-corrected chi connectivity index (χ1v) is 6.71.